The Morgan fingerprint density at radius 3 is 1.00 bits per heavy atom. The van der Waals surface area contributed by atoms with Gasteiger partial charge in [-0.15, -0.1) is 46.4 Å². The zero-order valence-electron chi connectivity index (χ0n) is 20.1. The molecule has 0 bridgehead atoms. The molecule has 186 valence electrons. The monoisotopic (exact) mass is 634 g/mol. The number of hydrogen-bond donors (Lipinski definition) is 0. The molecule has 0 saturated carbocycles. The SMILES string of the molecule is CCCCCC(CC)(CC)SP([O-])([O-])=S.CCCCCC(CC)(CC)SP([O-])([O-])=S.[Mo+4]. The van der Waals surface area contributed by atoms with Crippen LogP contribution in [0.5, 0.6) is 0 Å². The van der Waals surface area contributed by atoms with E-state index in [0.29, 0.717) is 0 Å². The van der Waals surface area contributed by atoms with Crippen LogP contribution in [-0.2, 0) is 44.7 Å². The third-order valence-electron chi connectivity index (χ3n) is 5.66. The Kier molecular flexibility index (Phi) is 24.2. The summed E-state index contributed by atoms with van der Waals surface area (Å²) in [6.07, 6.45) is 12.3. The fourth-order valence-corrected chi connectivity index (χ4v) is 13.2. The van der Waals surface area contributed by atoms with Crippen LogP contribution in [-0.4, -0.2) is 9.49 Å². The van der Waals surface area contributed by atoms with E-state index in [4.69, 9.17) is 0 Å². The molecule has 0 fully saturated rings. The predicted molar refractivity (Wildman–Crippen MR) is 139 cm³/mol. The second-order valence-corrected chi connectivity index (χ2v) is 19.9. The minimum absolute atomic E-state index is 0. The van der Waals surface area contributed by atoms with Crippen molar-refractivity contribution in [3.05, 3.63) is 0 Å². The van der Waals surface area contributed by atoms with Crippen molar-refractivity contribution in [3.63, 3.8) is 0 Å². The Bertz CT molecular complexity index is 475. The smallest absolute Gasteiger partial charge is 0.825 e. The number of rotatable bonds is 16. The maximum atomic E-state index is 11.2. The summed E-state index contributed by atoms with van der Waals surface area (Å²) in [6, 6.07) is 0. The Hall–Kier alpha value is 2.53. The van der Waals surface area contributed by atoms with E-state index in [1.807, 2.05) is 27.7 Å². The van der Waals surface area contributed by atoms with E-state index >= 15 is 0 Å². The first kappa shape index (κ1) is 38.1. The maximum Gasteiger partial charge on any atom is 4.00 e. The summed E-state index contributed by atoms with van der Waals surface area (Å²) < 4.78 is -0.289. The average Bonchev–Trinajstić information content (AvgIpc) is 2.65. The van der Waals surface area contributed by atoms with Crippen molar-refractivity contribution in [1.82, 2.24) is 0 Å². The molecule has 0 aliphatic carbocycles. The van der Waals surface area contributed by atoms with Crippen molar-refractivity contribution in [1.29, 1.82) is 0 Å². The molecule has 0 rings (SSSR count). The molecular weight excluding hydrogens is 590 g/mol. The fourth-order valence-electron chi connectivity index (χ4n) is 3.43. The van der Waals surface area contributed by atoms with Gasteiger partial charge in [0.25, 0.3) is 0 Å². The minimum Gasteiger partial charge on any atom is -0.825 e. The topological polar surface area (TPSA) is 92.2 Å². The molecule has 4 nitrogen and oxygen atoms in total. The molecule has 0 atom stereocenters. The van der Waals surface area contributed by atoms with Crippen LogP contribution in [0.3, 0.4) is 0 Å². The zero-order valence-corrected chi connectivity index (χ0v) is 27.1. The van der Waals surface area contributed by atoms with Crippen LogP contribution in [0.2, 0.25) is 0 Å². The minimum atomic E-state index is -3.62. The molecule has 0 unspecified atom stereocenters. The van der Waals surface area contributed by atoms with Crippen LogP contribution >= 0.6 is 34.2 Å². The predicted octanol–water partition coefficient (Wildman–Crippen LogP) is 5.61. The summed E-state index contributed by atoms with van der Waals surface area (Å²) in [4.78, 5) is 44.8. The molecule has 0 aliphatic heterocycles. The Morgan fingerprint density at radius 2 is 0.839 bits per heavy atom. The van der Waals surface area contributed by atoms with Crippen molar-refractivity contribution in [2.75, 3.05) is 0 Å². The first-order valence-electron chi connectivity index (χ1n) is 11.2. The quantitative estimate of drug-likeness (QED) is 0.123. The second kappa shape index (κ2) is 19.7. The molecule has 31 heavy (non-hydrogen) atoms. The van der Waals surface area contributed by atoms with Gasteiger partial charge in [-0.2, -0.15) is 11.4 Å². The largest absolute Gasteiger partial charge is 4.00 e. The standard InChI is InChI=1S/2C10H23O2PS2.Mo/c2*1-4-7-8-9-10(5-2,6-3)15-13(11,12)14;/h2*4-9H2,1-3H3,(H2,11,12,14);/q;;+4/p-4. The average molecular weight is 633 g/mol. The van der Waals surface area contributed by atoms with Crippen LogP contribution in [0.4, 0.5) is 0 Å². The van der Waals surface area contributed by atoms with Crippen LogP contribution in [0.15, 0.2) is 0 Å². The van der Waals surface area contributed by atoms with Crippen molar-refractivity contribution in [3.8, 4) is 0 Å². The molecule has 0 saturated heterocycles. The fraction of sp³-hybridized carbons (Fsp3) is 1.00. The summed E-state index contributed by atoms with van der Waals surface area (Å²) in [5, 5.41) is 0. The molecule has 0 aromatic carbocycles. The third kappa shape index (κ3) is 20.4. The molecule has 0 aromatic heterocycles. The third-order valence-corrected chi connectivity index (χ3v) is 13.5. The Labute approximate surface area is 225 Å². The van der Waals surface area contributed by atoms with E-state index < -0.39 is 11.4 Å². The van der Waals surface area contributed by atoms with Gasteiger partial charge in [-0.05, 0) is 38.5 Å². The van der Waals surface area contributed by atoms with Crippen LogP contribution < -0.4 is 19.6 Å². The van der Waals surface area contributed by atoms with Crippen molar-refractivity contribution in [2.45, 2.75) is 128 Å². The van der Waals surface area contributed by atoms with Gasteiger partial charge in [0.1, 0.15) is 0 Å². The van der Waals surface area contributed by atoms with Crippen LogP contribution in [0, 0.1) is 0 Å². The Morgan fingerprint density at radius 1 is 0.581 bits per heavy atom. The molecule has 0 N–H and O–H groups in total. The Balaban J connectivity index is -0.000000490. The first-order valence-corrected chi connectivity index (χ1v) is 19.4. The summed E-state index contributed by atoms with van der Waals surface area (Å²) in [5.41, 5.74) is -7.24. The molecule has 11 heteroatoms. The summed E-state index contributed by atoms with van der Waals surface area (Å²) in [6.45, 7) is 12.5. The van der Waals surface area contributed by atoms with Gasteiger partial charge in [0, 0.05) is 9.49 Å². The molecule has 0 radical (unpaired) electrons. The van der Waals surface area contributed by atoms with E-state index in [1.165, 1.54) is 12.8 Å². The van der Waals surface area contributed by atoms with E-state index in [1.54, 1.807) is 0 Å². The molecule has 0 aromatic rings. The molecule has 0 heterocycles. The molecule has 0 aliphatic rings. The maximum absolute atomic E-state index is 11.2. The van der Waals surface area contributed by atoms with Crippen molar-refractivity contribution < 1.29 is 40.6 Å². The number of hydrogen-bond acceptors (Lipinski definition) is 8. The van der Waals surface area contributed by atoms with Crippen molar-refractivity contribution in [2.24, 2.45) is 0 Å². The van der Waals surface area contributed by atoms with E-state index in [2.05, 4.69) is 37.5 Å². The van der Waals surface area contributed by atoms with E-state index in [9.17, 15) is 19.6 Å². The second-order valence-electron chi connectivity index (χ2n) is 7.77. The van der Waals surface area contributed by atoms with Crippen LogP contribution in [0.1, 0.15) is 119 Å². The van der Waals surface area contributed by atoms with Gasteiger partial charge in [0.15, 0.2) is 0 Å². The van der Waals surface area contributed by atoms with Gasteiger partial charge in [0.05, 0.1) is 0 Å². The molecule has 0 spiro atoms. The van der Waals surface area contributed by atoms with Gasteiger partial charge in [-0.1, -0.05) is 80.1 Å². The molecule has 0 amide bonds. The van der Waals surface area contributed by atoms with E-state index in [-0.39, 0.29) is 30.6 Å². The number of unbranched alkanes of at least 4 members (excludes halogenated alkanes) is 4. The van der Waals surface area contributed by atoms with Crippen LogP contribution in [0.25, 0.3) is 0 Å². The molecular formula is C20H42MoO4P2S4. The summed E-state index contributed by atoms with van der Waals surface area (Å²) in [7, 11) is 0. The van der Waals surface area contributed by atoms with Gasteiger partial charge >= 0.3 is 21.1 Å². The summed E-state index contributed by atoms with van der Waals surface area (Å²) >= 11 is 11.0. The normalized spacial score (nSPS) is 12.7. The van der Waals surface area contributed by atoms with Gasteiger partial charge in [-0.3, -0.25) is 0 Å². The van der Waals surface area contributed by atoms with Crippen molar-refractivity contribution >= 4 is 57.8 Å². The van der Waals surface area contributed by atoms with Gasteiger partial charge in [-0.25, -0.2) is 0 Å². The summed E-state index contributed by atoms with van der Waals surface area (Å²) in [5.74, 6) is 0. The van der Waals surface area contributed by atoms with Gasteiger partial charge < -0.3 is 19.6 Å². The van der Waals surface area contributed by atoms with Gasteiger partial charge in [0.2, 0.25) is 0 Å². The zero-order chi connectivity index (χ0) is 23.9. The first-order chi connectivity index (χ1) is 13.8. The van der Waals surface area contributed by atoms with E-state index in [0.717, 1.165) is 87.0 Å².